The van der Waals surface area contributed by atoms with Crippen molar-refractivity contribution in [3.05, 3.63) is 145 Å². The third-order valence-electron chi connectivity index (χ3n) is 8.94. The van der Waals surface area contributed by atoms with Gasteiger partial charge in [0, 0.05) is 70.2 Å². The molecule has 6 aromatic carbocycles. The minimum atomic E-state index is -1.90. The second kappa shape index (κ2) is 29.7. The molecule has 0 radical (unpaired) electrons. The van der Waals surface area contributed by atoms with E-state index in [0.717, 1.165) is 54.7 Å². The van der Waals surface area contributed by atoms with Gasteiger partial charge in [-0.1, -0.05) is 121 Å². The number of hydrogen-bond donors (Lipinski definition) is 3. The van der Waals surface area contributed by atoms with Crippen LogP contribution in [0, 0.1) is 143 Å². The van der Waals surface area contributed by atoms with Gasteiger partial charge in [0.25, 0.3) is 0 Å². The molecule has 0 aliphatic carbocycles. The first-order valence-corrected chi connectivity index (χ1v) is 26.8. The van der Waals surface area contributed by atoms with E-state index in [-0.39, 0.29) is 27.2 Å². The Balaban J connectivity index is 0.000000414. The Kier molecular flexibility index (Phi) is 22.9. The van der Waals surface area contributed by atoms with Gasteiger partial charge < -0.3 is 16.8 Å². The summed E-state index contributed by atoms with van der Waals surface area (Å²) in [5, 5.41) is 9.62. The van der Waals surface area contributed by atoms with Gasteiger partial charge in [-0.05, 0) is 81.4 Å². The normalized spacial score (nSPS) is 9.61. The number of fused-ring (bicyclic) bond motifs is 2. The van der Waals surface area contributed by atoms with Crippen LogP contribution in [0.1, 0.15) is 23.2 Å². The number of terminal acetylenes is 4. The maximum atomic E-state index is 6.15. The van der Waals surface area contributed by atoms with Gasteiger partial charge in [-0.2, -0.15) is 0 Å². The number of benzene rings is 6. The molecule has 2 unspecified atom stereocenters. The zero-order valence-corrected chi connectivity index (χ0v) is 40.2. The molecule has 6 aromatic rings. The zero-order chi connectivity index (χ0) is 47.2. The van der Waals surface area contributed by atoms with Crippen LogP contribution in [-0.2, 0) is 15.1 Å². The fourth-order valence-corrected chi connectivity index (χ4v) is 8.90. The SMILES string of the molecule is C#CC#CC#C[PH+](C#CC#CC#C)c1ccc2ccccc2c1Nc1c([PH+](C#CC#CC#C)C#CC#CC#C)ccc2ccccc12.NC(c1ccccc1)C(N)c1ccccc1.[Cl][Ru+2][Cl]. The molecule has 0 heterocycles. The van der Waals surface area contributed by atoms with Gasteiger partial charge in [0.15, 0.2) is 15.8 Å². The van der Waals surface area contributed by atoms with Crippen molar-refractivity contribution in [2.45, 2.75) is 12.1 Å². The van der Waals surface area contributed by atoms with E-state index in [2.05, 4.69) is 159 Å². The second-order valence-corrected chi connectivity index (χ2v) is 19.0. The maximum absolute atomic E-state index is 6.15. The molecule has 0 aliphatic heterocycles. The number of anilines is 2. The van der Waals surface area contributed by atoms with E-state index in [0.29, 0.717) is 0 Å². The second-order valence-electron chi connectivity index (χ2n) is 12.8. The standard InChI is InChI=1S/C44H17NP2.C14H16N2.2ClH.Ru/c1-5-9-13-21-33-46(34-22-14-10-6-2)41-31-29-37-25-17-19-27-39(37)43(41)45-44-40-28-20-18-26-38(40)30-32-42(44)47(35-23-15-11-7-3)36-24-16-12-8-4;15-13(11-7-3-1-4-8-11)14(16)12-9-5-2-6-10-12;;;/h1-4,17-20,25-32,45H;1-10,13-14H,15-16H2;2*1H;/q;;;;+4. The summed E-state index contributed by atoms with van der Waals surface area (Å²) in [6, 6.07) is 43.9. The average molecular weight is 1010 g/mol. The van der Waals surface area contributed by atoms with Gasteiger partial charge in [-0.25, -0.2) is 0 Å². The van der Waals surface area contributed by atoms with E-state index in [4.69, 9.17) is 56.5 Å². The van der Waals surface area contributed by atoms with Gasteiger partial charge in [0.05, 0.1) is 11.4 Å². The predicted octanol–water partition coefficient (Wildman–Crippen LogP) is 9.57. The molecule has 5 N–H and O–H groups in total. The summed E-state index contributed by atoms with van der Waals surface area (Å²) in [6.07, 6.45) is 21.2. The van der Waals surface area contributed by atoms with Crippen LogP contribution in [0.15, 0.2) is 133 Å². The van der Waals surface area contributed by atoms with E-state index < -0.39 is 15.8 Å². The number of hydrogen-bond acceptors (Lipinski definition) is 3. The Morgan fingerprint density at radius 1 is 0.409 bits per heavy atom. The van der Waals surface area contributed by atoms with Gasteiger partial charge in [-0.3, -0.25) is 0 Å². The molecule has 0 saturated heterocycles. The molecule has 310 valence electrons. The summed E-state index contributed by atoms with van der Waals surface area (Å²) in [4.78, 5) is 0. The van der Waals surface area contributed by atoms with Gasteiger partial charge >= 0.3 is 34.5 Å². The van der Waals surface area contributed by atoms with Crippen LogP contribution in [0.5, 0.6) is 0 Å². The van der Waals surface area contributed by atoms with Crippen molar-refractivity contribution < 1.29 is 15.1 Å². The first-order valence-electron chi connectivity index (χ1n) is 19.3. The number of rotatable bonds is 7. The molecule has 0 bridgehead atoms. The van der Waals surface area contributed by atoms with Crippen LogP contribution in [-0.4, -0.2) is 0 Å². The Hall–Kier alpha value is -7.66. The quantitative estimate of drug-likeness (QED) is 0.0849. The summed E-state index contributed by atoms with van der Waals surface area (Å²) in [6.45, 7) is 0. The Morgan fingerprint density at radius 3 is 1.03 bits per heavy atom. The molecule has 3 nitrogen and oxygen atoms in total. The van der Waals surface area contributed by atoms with Crippen LogP contribution >= 0.6 is 35.2 Å². The average Bonchev–Trinajstić information content (AvgIpc) is 3.36. The topological polar surface area (TPSA) is 64.1 Å². The predicted molar refractivity (Wildman–Crippen MR) is 283 cm³/mol. The number of halogens is 2. The molecule has 8 heteroatoms. The summed E-state index contributed by atoms with van der Waals surface area (Å²) in [7, 11) is 5.91. The molecular formula is C58H35Cl2N3P2Ru+4. The van der Waals surface area contributed by atoms with Crippen molar-refractivity contribution in [2.75, 3.05) is 5.32 Å². The first-order chi connectivity index (χ1) is 32.4. The first kappa shape index (κ1) is 51.0. The van der Waals surface area contributed by atoms with Crippen LogP contribution < -0.4 is 27.4 Å². The fourth-order valence-electron chi connectivity index (χ4n) is 6.10. The molecular weight excluding hydrogens is 973 g/mol. The summed E-state index contributed by atoms with van der Waals surface area (Å²) < 4.78 is 0. The molecule has 0 amide bonds. The molecule has 66 heavy (non-hydrogen) atoms. The Morgan fingerprint density at radius 2 is 0.712 bits per heavy atom. The van der Waals surface area contributed by atoms with Crippen LogP contribution in [0.2, 0.25) is 0 Å². The van der Waals surface area contributed by atoms with E-state index >= 15 is 0 Å². The van der Waals surface area contributed by atoms with E-state index in [1.807, 2.05) is 97.1 Å². The van der Waals surface area contributed by atoms with Gasteiger partial charge in [-0.15, -0.1) is 25.7 Å². The number of nitrogens with one attached hydrogen (secondary N) is 1. The van der Waals surface area contributed by atoms with Crippen molar-refractivity contribution in [1.82, 2.24) is 0 Å². The van der Waals surface area contributed by atoms with Crippen molar-refractivity contribution in [2.24, 2.45) is 11.5 Å². The van der Waals surface area contributed by atoms with Gasteiger partial charge in [0.1, 0.15) is 33.3 Å². The van der Waals surface area contributed by atoms with Crippen molar-refractivity contribution in [3.8, 4) is 143 Å². The van der Waals surface area contributed by atoms with Crippen molar-refractivity contribution >= 4 is 78.8 Å². The molecule has 0 spiro atoms. The fraction of sp³-hybridized carbons (Fsp3) is 0.0345. The molecule has 0 saturated carbocycles. The zero-order valence-electron chi connectivity index (χ0n) is 34.9. The summed E-state index contributed by atoms with van der Waals surface area (Å²) >= 11 is -0.346. The monoisotopic (exact) mass is 1010 g/mol. The summed E-state index contributed by atoms with van der Waals surface area (Å²) in [5.41, 5.74) is 29.1. The molecule has 6 rings (SSSR count). The summed E-state index contributed by atoms with van der Waals surface area (Å²) in [5.74, 6) is 41.6. The minimum absolute atomic E-state index is 0.163. The molecule has 0 aliphatic rings. The van der Waals surface area contributed by atoms with E-state index in [1.165, 1.54) is 0 Å². The Bertz CT molecular complexity index is 3070. The van der Waals surface area contributed by atoms with Crippen LogP contribution in [0.25, 0.3) is 21.5 Å². The number of nitrogens with two attached hydrogens (primary N) is 2. The molecule has 0 fully saturated rings. The van der Waals surface area contributed by atoms with Gasteiger partial charge in [0.2, 0.25) is 0 Å². The Labute approximate surface area is 407 Å². The van der Waals surface area contributed by atoms with Crippen molar-refractivity contribution in [1.29, 1.82) is 0 Å². The van der Waals surface area contributed by atoms with Crippen LogP contribution in [0.4, 0.5) is 11.4 Å². The van der Waals surface area contributed by atoms with Crippen molar-refractivity contribution in [3.63, 3.8) is 0 Å². The van der Waals surface area contributed by atoms with E-state index in [1.54, 1.807) is 0 Å². The third-order valence-corrected chi connectivity index (χ3v) is 12.4. The molecule has 0 aromatic heterocycles. The van der Waals surface area contributed by atoms with E-state index in [9.17, 15) is 0 Å². The third kappa shape index (κ3) is 15.9. The van der Waals surface area contributed by atoms with Crippen LogP contribution in [0.3, 0.4) is 0 Å². The molecule has 2 atom stereocenters.